The number of amides is 2. The van der Waals surface area contributed by atoms with Crippen molar-refractivity contribution in [1.82, 2.24) is 10.6 Å². The van der Waals surface area contributed by atoms with Gasteiger partial charge in [-0.25, -0.2) is 9.59 Å². The minimum Gasteiger partial charge on any atom is -0.467 e. The summed E-state index contributed by atoms with van der Waals surface area (Å²) in [5.74, 6) is -1.22. The molecule has 1 aliphatic carbocycles. The van der Waals surface area contributed by atoms with Gasteiger partial charge in [-0.15, -0.1) is 0 Å². The van der Waals surface area contributed by atoms with Gasteiger partial charge in [0.25, 0.3) is 0 Å². The molecule has 0 aliphatic heterocycles. The number of carbonyl (C=O) groups is 3. The Morgan fingerprint density at radius 1 is 0.967 bits per heavy atom. The van der Waals surface area contributed by atoms with E-state index in [9.17, 15) is 14.4 Å². The Balaban J connectivity index is 1.54. The average molecular weight is 410 g/mol. The molecule has 0 saturated heterocycles. The van der Waals surface area contributed by atoms with E-state index in [-0.39, 0.29) is 25.0 Å². The molecule has 2 aromatic rings. The molecule has 2 N–H and O–H groups in total. The third-order valence-electron chi connectivity index (χ3n) is 5.18. The van der Waals surface area contributed by atoms with Gasteiger partial charge < -0.3 is 20.1 Å². The highest BCUT2D eigenvalue weighted by Gasteiger charge is 2.29. The summed E-state index contributed by atoms with van der Waals surface area (Å²) < 4.78 is 10.1. The highest BCUT2D eigenvalue weighted by atomic mass is 16.5. The van der Waals surface area contributed by atoms with Crippen LogP contribution in [0.15, 0.2) is 48.5 Å². The van der Waals surface area contributed by atoms with Gasteiger partial charge >= 0.3 is 12.1 Å². The summed E-state index contributed by atoms with van der Waals surface area (Å²) in [6, 6.07) is 15.3. The van der Waals surface area contributed by atoms with Gasteiger partial charge in [-0.3, -0.25) is 4.79 Å². The molecule has 30 heavy (non-hydrogen) atoms. The first-order valence-corrected chi connectivity index (χ1v) is 9.88. The second-order valence-corrected chi connectivity index (χ2v) is 7.49. The van der Waals surface area contributed by atoms with Crippen LogP contribution in [0.4, 0.5) is 4.79 Å². The molecule has 7 nitrogen and oxygen atoms in total. The predicted octanol–water partition coefficient (Wildman–Crippen LogP) is 2.84. The average Bonchev–Trinajstić information content (AvgIpc) is 3.07. The summed E-state index contributed by atoms with van der Waals surface area (Å²) in [6.07, 6.45) is -0.689. The van der Waals surface area contributed by atoms with Crippen LogP contribution in [0.5, 0.6) is 0 Å². The minimum atomic E-state index is -0.771. The maximum absolute atomic E-state index is 12.1. The lowest BCUT2D eigenvalue weighted by Crippen LogP contribution is -2.48. The van der Waals surface area contributed by atoms with Gasteiger partial charge in [-0.2, -0.15) is 0 Å². The standard InChI is InChI=1S/C23H26N2O5/c1-14(2)21(22(27)29-3)25-20(26)12-24-23(28)30-13-19-17-10-6-4-8-15(17)16-9-5-7-11-18(16)19/h4-11,14,19,21H,12-13H2,1-3H3,(H,24,28)(H,25,26)/t21-/m0/s1. The summed E-state index contributed by atoms with van der Waals surface area (Å²) >= 11 is 0. The first kappa shape index (κ1) is 21.4. The van der Waals surface area contributed by atoms with Gasteiger partial charge in [0.15, 0.2) is 0 Å². The second kappa shape index (κ2) is 9.43. The maximum atomic E-state index is 12.1. The monoisotopic (exact) mass is 410 g/mol. The van der Waals surface area contributed by atoms with Crippen LogP contribution in [-0.4, -0.2) is 44.3 Å². The SMILES string of the molecule is COC(=O)[C@@H](NC(=O)CNC(=O)OCC1c2ccccc2-c2ccccc21)C(C)C. The highest BCUT2D eigenvalue weighted by molar-refractivity contribution is 5.87. The Morgan fingerprint density at radius 3 is 2.07 bits per heavy atom. The van der Waals surface area contributed by atoms with Crippen LogP contribution >= 0.6 is 0 Å². The van der Waals surface area contributed by atoms with Crippen LogP contribution in [0.2, 0.25) is 0 Å². The van der Waals surface area contributed by atoms with Crippen molar-refractivity contribution < 1.29 is 23.9 Å². The van der Waals surface area contributed by atoms with Crippen molar-refractivity contribution >= 4 is 18.0 Å². The van der Waals surface area contributed by atoms with E-state index in [1.807, 2.05) is 36.4 Å². The lowest BCUT2D eigenvalue weighted by Gasteiger charge is -2.20. The molecule has 2 aromatic carbocycles. The number of nitrogens with one attached hydrogen (secondary N) is 2. The Morgan fingerprint density at radius 2 is 1.53 bits per heavy atom. The third kappa shape index (κ3) is 4.62. The number of fused-ring (bicyclic) bond motifs is 3. The Bertz CT molecular complexity index is 895. The van der Waals surface area contributed by atoms with E-state index in [2.05, 4.69) is 27.5 Å². The minimum absolute atomic E-state index is 0.0541. The lowest BCUT2D eigenvalue weighted by molar-refractivity contribution is -0.146. The van der Waals surface area contributed by atoms with E-state index in [0.29, 0.717) is 0 Å². The van der Waals surface area contributed by atoms with Crippen molar-refractivity contribution in [3.05, 3.63) is 59.7 Å². The van der Waals surface area contributed by atoms with E-state index >= 15 is 0 Å². The normalized spacial score (nSPS) is 13.2. The topological polar surface area (TPSA) is 93.7 Å². The zero-order valence-electron chi connectivity index (χ0n) is 17.3. The number of esters is 1. The number of rotatable bonds is 7. The van der Waals surface area contributed by atoms with Crippen molar-refractivity contribution in [2.45, 2.75) is 25.8 Å². The van der Waals surface area contributed by atoms with E-state index < -0.39 is 24.0 Å². The summed E-state index contributed by atoms with van der Waals surface area (Å²) in [5, 5.41) is 4.99. The Labute approximate surface area is 175 Å². The molecule has 0 unspecified atom stereocenters. The number of methoxy groups -OCH3 is 1. The van der Waals surface area contributed by atoms with Gasteiger partial charge in [0.2, 0.25) is 5.91 Å². The molecule has 158 valence electrons. The Kier molecular flexibility index (Phi) is 6.72. The van der Waals surface area contributed by atoms with Crippen LogP contribution in [-0.2, 0) is 19.1 Å². The first-order valence-electron chi connectivity index (χ1n) is 9.88. The molecule has 0 radical (unpaired) electrons. The number of alkyl carbamates (subject to hydrolysis) is 1. The third-order valence-corrected chi connectivity index (χ3v) is 5.18. The van der Waals surface area contributed by atoms with Gasteiger partial charge in [-0.1, -0.05) is 62.4 Å². The molecule has 0 heterocycles. The molecule has 0 bridgehead atoms. The molecule has 0 fully saturated rings. The predicted molar refractivity (Wildman–Crippen MR) is 112 cm³/mol. The van der Waals surface area contributed by atoms with Crippen molar-refractivity contribution in [2.75, 3.05) is 20.3 Å². The second-order valence-electron chi connectivity index (χ2n) is 7.49. The van der Waals surface area contributed by atoms with Gasteiger partial charge in [-0.05, 0) is 28.2 Å². The van der Waals surface area contributed by atoms with Crippen LogP contribution in [0, 0.1) is 5.92 Å². The first-order chi connectivity index (χ1) is 14.4. The molecule has 1 atom stereocenters. The Hall–Kier alpha value is -3.35. The quantitative estimate of drug-likeness (QED) is 0.685. The van der Waals surface area contributed by atoms with Crippen LogP contribution in [0.25, 0.3) is 11.1 Å². The molecule has 1 aliphatic rings. The van der Waals surface area contributed by atoms with E-state index in [0.717, 1.165) is 22.3 Å². The largest absolute Gasteiger partial charge is 0.467 e. The summed E-state index contributed by atoms with van der Waals surface area (Å²) in [6.45, 7) is 3.46. The lowest BCUT2D eigenvalue weighted by atomic mass is 9.98. The van der Waals surface area contributed by atoms with Crippen molar-refractivity contribution in [2.24, 2.45) is 5.92 Å². The molecular formula is C23H26N2O5. The summed E-state index contributed by atoms with van der Waals surface area (Å²) in [7, 11) is 1.26. The van der Waals surface area contributed by atoms with E-state index in [1.165, 1.54) is 7.11 Å². The fourth-order valence-corrected chi connectivity index (χ4v) is 3.65. The number of ether oxygens (including phenoxy) is 2. The van der Waals surface area contributed by atoms with Crippen LogP contribution in [0.1, 0.15) is 30.9 Å². The van der Waals surface area contributed by atoms with Gasteiger partial charge in [0, 0.05) is 5.92 Å². The summed E-state index contributed by atoms with van der Waals surface area (Å²) in [4.78, 5) is 35.9. The number of benzene rings is 2. The van der Waals surface area contributed by atoms with Crippen molar-refractivity contribution in [3.8, 4) is 11.1 Å². The number of hydrogen-bond donors (Lipinski definition) is 2. The van der Waals surface area contributed by atoms with E-state index in [1.54, 1.807) is 13.8 Å². The van der Waals surface area contributed by atoms with E-state index in [4.69, 9.17) is 4.74 Å². The molecular weight excluding hydrogens is 384 g/mol. The molecule has 2 amide bonds. The smallest absolute Gasteiger partial charge is 0.407 e. The molecule has 0 aromatic heterocycles. The zero-order chi connectivity index (χ0) is 21.7. The summed E-state index contributed by atoms with van der Waals surface area (Å²) in [5.41, 5.74) is 4.51. The van der Waals surface area contributed by atoms with Crippen LogP contribution < -0.4 is 10.6 Å². The van der Waals surface area contributed by atoms with Gasteiger partial charge in [0.1, 0.15) is 19.2 Å². The molecule has 0 saturated carbocycles. The molecule has 7 heteroatoms. The van der Waals surface area contributed by atoms with Crippen molar-refractivity contribution in [3.63, 3.8) is 0 Å². The molecule has 3 rings (SSSR count). The number of carbonyl (C=O) groups excluding carboxylic acids is 3. The van der Waals surface area contributed by atoms with Crippen LogP contribution in [0.3, 0.4) is 0 Å². The van der Waals surface area contributed by atoms with Gasteiger partial charge in [0.05, 0.1) is 7.11 Å². The zero-order valence-corrected chi connectivity index (χ0v) is 17.3. The highest BCUT2D eigenvalue weighted by Crippen LogP contribution is 2.44. The fraction of sp³-hybridized carbons (Fsp3) is 0.348. The fourth-order valence-electron chi connectivity index (χ4n) is 3.65. The van der Waals surface area contributed by atoms with Crippen molar-refractivity contribution in [1.29, 1.82) is 0 Å². The maximum Gasteiger partial charge on any atom is 0.407 e. The number of hydrogen-bond acceptors (Lipinski definition) is 5. The molecule has 0 spiro atoms.